The second kappa shape index (κ2) is 7.75. The van der Waals surface area contributed by atoms with Crippen molar-refractivity contribution in [1.29, 1.82) is 0 Å². The van der Waals surface area contributed by atoms with Crippen molar-refractivity contribution in [2.75, 3.05) is 25.6 Å². The van der Waals surface area contributed by atoms with Crippen LogP contribution in [0.25, 0.3) is 0 Å². The molecule has 3 N–H and O–H groups in total. The van der Waals surface area contributed by atoms with E-state index in [9.17, 15) is 4.79 Å². The van der Waals surface area contributed by atoms with Crippen LogP contribution in [-0.2, 0) is 6.54 Å². The van der Waals surface area contributed by atoms with Gasteiger partial charge in [0.2, 0.25) is 0 Å². The first-order valence-electron chi connectivity index (χ1n) is 6.85. The quantitative estimate of drug-likeness (QED) is 0.740. The van der Waals surface area contributed by atoms with Crippen LogP contribution < -0.4 is 15.5 Å². The van der Waals surface area contributed by atoms with Gasteiger partial charge in [0.05, 0.1) is 0 Å². The number of carbonyl (C=O) groups excluding carboxylic acids is 1. The lowest BCUT2D eigenvalue weighted by molar-refractivity contribution is 0.200. The summed E-state index contributed by atoms with van der Waals surface area (Å²) in [5.74, 6) is 0.0418. The zero-order valence-electron chi connectivity index (χ0n) is 12.7. The Bertz CT molecular complexity index is 418. The molecule has 0 aromatic heterocycles. The van der Waals surface area contributed by atoms with Gasteiger partial charge in [-0.1, -0.05) is 19.1 Å². The molecular weight excluding hydrogens is 254 g/mol. The number of anilines is 1. The van der Waals surface area contributed by atoms with Crippen LogP contribution in [0.4, 0.5) is 10.5 Å². The summed E-state index contributed by atoms with van der Waals surface area (Å²) in [6.45, 7) is 4.32. The van der Waals surface area contributed by atoms with E-state index in [1.807, 2.05) is 57.1 Å². The Morgan fingerprint density at radius 3 is 2.35 bits per heavy atom. The van der Waals surface area contributed by atoms with Gasteiger partial charge in [0.15, 0.2) is 0 Å². The van der Waals surface area contributed by atoms with Gasteiger partial charge in [-0.05, 0) is 30.5 Å². The van der Waals surface area contributed by atoms with Crippen LogP contribution in [0, 0.1) is 5.92 Å². The molecule has 1 rings (SSSR count). The SMILES string of the molecule is CC(CO)C(C)NC(=O)NCc1ccc(N(C)C)cc1. The number of benzene rings is 1. The smallest absolute Gasteiger partial charge is 0.315 e. The standard InChI is InChI=1S/C15H25N3O2/c1-11(10-19)12(2)17-15(20)16-9-13-5-7-14(8-6-13)18(3)4/h5-8,11-12,19H,9-10H2,1-4H3,(H2,16,17,20). The van der Waals surface area contributed by atoms with Crippen LogP contribution in [0.15, 0.2) is 24.3 Å². The number of nitrogens with zero attached hydrogens (tertiary/aromatic N) is 1. The highest BCUT2D eigenvalue weighted by Gasteiger charge is 2.13. The Morgan fingerprint density at radius 1 is 1.25 bits per heavy atom. The molecule has 5 nitrogen and oxygen atoms in total. The normalized spacial score (nSPS) is 13.4. The zero-order valence-corrected chi connectivity index (χ0v) is 12.7. The summed E-state index contributed by atoms with van der Waals surface area (Å²) in [6.07, 6.45) is 0. The van der Waals surface area contributed by atoms with Gasteiger partial charge in [-0.15, -0.1) is 0 Å². The van der Waals surface area contributed by atoms with Crippen LogP contribution >= 0.6 is 0 Å². The third-order valence-corrected chi connectivity index (χ3v) is 3.41. The first kappa shape index (κ1) is 16.3. The highest BCUT2D eigenvalue weighted by Crippen LogP contribution is 2.11. The lowest BCUT2D eigenvalue weighted by Crippen LogP contribution is -2.43. The third kappa shape index (κ3) is 5.09. The van der Waals surface area contributed by atoms with E-state index in [0.717, 1.165) is 11.3 Å². The molecule has 1 aromatic rings. The lowest BCUT2D eigenvalue weighted by atomic mass is 10.1. The molecular formula is C15H25N3O2. The van der Waals surface area contributed by atoms with Gasteiger partial charge in [-0.2, -0.15) is 0 Å². The van der Waals surface area contributed by atoms with E-state index in [0.29, 0.717) is 6.54 Å². The summed E-state index contributed by atoms with van der Waals surface area (Å²) in [6, 6.07) is 7.76. The van der Waals surface area contributed by atoms with E-state index in [1.165, 1.54) is 0 Å². The number of amides is 2. The first-order valence-corrected chi connectivity index (χ1v) is 6.85. The molecule has 20 heavy (non-hydrogen) atoms. The summed E-state index contributed by atoms with van der Waals surface area (Å²) >= 11 is 0. The predicted molar refractivity (Wildman–Crippen MR) is 81.9 cm³/mol. The molecule has 0 spiro atoms. The average molecular weight is 279 g/mol. The average Bonchev–Trinajstić information content (AvgIpc) is 2.44. The van der Waals surface area contributed by atoms with Crippen molar-refractivity contribution in [1.82, 2.24) is 10.6 Å². The maximum atomic E-state index is 11.7. The fraction of sp³-hybridized carbons (Fsp3) is 0.533. The fourth-order valence-corrected chi connectivity index (χ4v) is 1.65. The van der Waals surface area contributed by atoms with Gasteiger partial charge in [-0.25, -0.2) is 4.79 Å². The number of urea groups is 1. The predicted octanol–water partition coefficient (Wildman–Crippen LogP) is 1.57. The number of aliphatic hydroxyl groups is 1. The Morgan fingerprint density at radius 2 is 1.85 bits per heavy atom. The topological polar surface area (TPSA) is 64.6 Å². The van der Waals surface area contributed by atoms with Crippen molar-refractivity contribution in [3.8, 4) is 0 Å². The van der Waals surface area contributed by atoms with E-state index in [-0.39, 0.29) is 24.6 Å². The Labute approximate surface area is 121 Å². The number of nitrogens with one attached hydrogen (secondary N) is 2. The second-order valence-electron chi connectivity index (χ2n) is 5.34. The van der Waals surface area contributed by atoms with Gasteiger partial charge in [0.25, 0.3) is 0 Å². The highest BCUT2D eigenvalue weighted by atomic mass is 16.3. The zero-order chi connectivity index (χ0) is 15.1. The maximum absolute atomic E-state index is 11.7. The van der Waals surface area contributed by atoms with Crippen molar-refractivity contribution in [3.63, 3.8) is 0 Å². The molecule has 0 fully saturated rings. The van der Waals surface area contributed by atoms with E-state index in [2.05, 4.69) is 10.6 Å². The minimum atomic E-state index is -0.213. The summed E-state index contributed by atoms with van der Waals surface area (Å²) in [5, 5.41) is 14.6. The molecule has 0 saturated heterocycles. The van der Waals surface area contributed by atoms with Crippen LogP contribution in [0.5, 0.6) is 0 Å². The van der Waals surface area contributed by atoms with Crippen LogP contribution in [-0.4, -0.2) is 37.9 Å². The van der Waals surface area contributed by atoms with Gasteiger partial charge in [0.1, 0.15) is 0 Å². The molecule has 2 unspecified atom stereocenters. The molecule has 0 radical (unpaired) electrons. The molecule has 5 heteroatoms. The molecule has 0 bridgehead atoms. The van der Waals surface area contributed by atoms with E-state index in [4.69, 9.17) is 5.11 Å². The van der Waals surface area contributed by atoms with Gasteiger partial charge >= 0.3 is 6.03 Å². The number of aliphatic hydroxyl groups excluding tert-OH is 1. The minimum Gasteiger partial charge on any atom is -0.396 e. The molecule has 0 saturated carbocycles. The molecule has 2 atom stereocenters. The van der Waals surface area contributed by atoms with Crippen LogP contribution in [0.1, 0.15) is 19.4 Å². The van der Waals surface area contributed by atoms with Crippen molar-refractivity contribution in [2.24, 2.45) is 5.92 Å². The number of carbonyl (C=O) groups is 1. The monoisotopic (exact) mass is 279 g/mol. The molecule has 0 aliphatic carbocycles. The van der Waals surface area contributed by atoms with Crippen LogP contribution in [0.2, 0.25) is 0 Å². The van der Waals surface area contributed by atoms with Crippen molar-refractivity contribution < 1.29 is 9.90 Å². The molecule has 0 aliphatic heterocycles. The van der Waals surface area contributed by atoms with Crippen molar-refractivity contribution >= 4 is 11.7 Å². The molecule has 112 valence electrons. The largest absolute Gasteiger partial charge is 0.396 e. The molecule has 0 aliphatic rings. The second-order valence-corrected chi connectivity index (χ2v) is 5.34. The van der Waals surface area contributed by atoms with Gasteiger partial charge < -0.3 is 20.6 Å². The summed E-state index contributed by atoms with van der Waals surface area (Å²) in [7, 11) is 3.98. The minimum absolute atomic E-state index is 0.0418. The van der Waals surface area contributed by atoms with E-state index in [1.54, 1.807) is 0 Å². The number of hydrogen-bond acceptors (Lipinski definition) is 3. The lowest BCUT2D eigenvalue weighted by Gasteiger charge is -2.19. The summed E-state index contributed by atoms with van der Waals surface area (Å²) in [5.41, 5.74) is 2.18. The maximum Gasteiger partial charge on any atom is 0.315 e. The summed E-state index contributed by atoms with van der Waals surface area (Å²) < 4.78 is 0. The Balaban J connectivity index is 2.41. The fourth-order valence-electron chi connectivity index (χ4n) is 1.65. The summed E-state index contributed by atoms with van der Waals surface area (Å²) in [4.78, 5) is 13.7. The molecule has 1 aromatic carbocycles. The number of rotatable bonds is 6. The van der Waals surface area contributed by atoms with Crippen molar-refractivity contribution in [3.05, 3.63) is 29.8 Å². The van der Waals surface area contributed by atoms with Crippen LogP contribution in [0.3, 0.4) is 0 Å². The van der Waals surface area contributed by atoms with Gasteiger partial charge in [-0.3, -0.25) is 0 Å². The van der Waals surface area contributed by atoms with Gasteiger partial charge in [0, 0.05) is 39.0 Å². The Hall–Kier alpha value is -1.75. The number of hydrogen-bond donors (Lipinski definition) is 3. The first-order chi connectivity index (χ1) is 9.43. The molecule has 2 amide bonds. The van der Waals surface area contributed by atoms with E-state index >= 15 is 0 Å². The highest BCUT2D eigenvalue weighted by molar-refractivity contribution is 5.74. The third-order valence-electron chi connectivity index (χ3n) is 3.41. The van der Waals surface area contributed by atoms with Crippen molar-refractivity contribution in [2.45, 2.75) is 26.4 Å². The van der Waals surface area contributed by atoms with E-state index < -0.39 is 0 Å². The Kier molecular flexibility index (Phi) is 6.31. The molecule has 0 heterocycles.